The third kappa shape index (κ3) is 2.90. The minimum Gasteiger partial charge on any atom is -0.395 e. The molecule has 0 spiro atoms. The van der Waals surface area contributed by atoms with Gasteiger partial charge >= 0.3 is 0 Å². The van der Waals surface area contributed by atoms with Crippen LogP contribution < -0.4 is 5.32 Å². The van der Waals surface area contributed by atoms with Gasteiger partial charge in [-0.15, -0.1) is 0 Å². The molecule has 2 N–H and O–H groups in total. The zero-order valence-electron chi connectivity index (χ0n) is 8.78. The summed E-state index contributed by atoms with van der Waals surface area (Å²) in [6.45, 7) is 1.24. The highest BCUT2D eigenvalue weighted by Crippen LogP contribution is 2.30. The number of hydrogen-bond donors (Lipinski definition) is 2. The van der Waals surface area contributed by atoms with E-state index < -0.39 is 5.79 Å². The van der Waals surface area contributed by atoms with Gasteiger partial charge in [0.15, 0.2) is 12.1 Å². The highest BCUT2D eigenvalue weighted by atomic mass is 16.8. The smallest absolute Gasteiger partial charge is 0.183 e. The Kier molecular flexibility index (Phi) is 4.77. The maximum Gasteiger partial charge on any atom is 0.183 e. The highest BCUT2D eigenvalue weighted by molar-refractivity contribution is 4.79. The Labute approximate surface area is 84.3 Å². The van der Waals surface area contributed by atoms with Crippen molar-refractivity contribution in [2.45, 2.75) is 24.9 Å². The van der Waals surface area contributed by atoms with E-state index in [1.165, 1.54) is 0 Å². The Hall–Kier alpha value is -0.200. The third-order valence-electron chi connectivity index (χ3n) is 2.42. The molecular weight excluding hydrogens is 186 g/mol. The normalized spacial score (nSPS) is 32.4. The molecule has 84 valence electrons. The second-order valence-electron chi connectivity index (χ2n) is 3.34. The zero-order chi connectivity index (χ0) is 10.4. The third-order valence-corrected chi connectivity index (χ3v) is 2.42. The van der Waals surface area contributed by atoms with E-state index in [2.05, 4.69) is 5.32 Å². The maximum atomic E-state index is 8.63. The van der Waals surface area contributed by atoms with Crippen LogP contribution in [0.15, 0.2) is 0 Å². The van der Waals surface area contributed by atoms with Crippen molar-refractivity contribution in [1.82, 2.24) is 5.32 Å². The molecule has 5 heteroatoms. The molecule has 0 aliphatic carbocycles. The molecule has 14 heavy (non-hydrogen) atoms. The average Bonchev–Trinajstić information content (AvgIpc) is 2.63. The molecule has 0 bridgehead atoms. The largest absolute Gasteiger partial charge is 0.395 e. The number of methoxy groups -OCH3 is 2. The van der Waals surface area contributed by atoms with Crippen LogP contribution in [0.25, 0.3) is 0 Å². The van der Waals surface area contributed by atoms with E-state index in [4.69, 9.17) is 19.3 Å². The maximum absolute atomic E-state index is 8.63. The summed E-state index contributed by atoms with van der Waals surface area (Å²) in [6, 6.07) is 0. The van der Waals surface area contributed by atoms with Gasteiger partial charge < -0.3 is 24.6 Å². The molecule has 0 aromatic carbocycles. The summed E-state index contributed by atoms with van der Waals surface area (Å²) in [5, 5.41) is 11.7. The predicted octanol–water partition coefficient (Wildman–Crippen LogP) is -0.306. The van der Waals surface area contributed by atoms with Crippen molar-refractivity contribution in [2.24, 2.45) is 0 Å². The van der Waals surface area contributed by atoms with E-state index in [0.29, 0.717) is 13.1 Å². The number of ether oxygens (including phenoxy) is 3. The highest BCUT2D eigenvalue weighted by Gasteiger charge is 2.40. The fourth-order valence-electron chi connectivity index (χ4n) is 1.57. The lowest BCUT2D eigenvalue weighted by Gasteiger charge is -2.27. The summed E-state index contributed by atoms with van der Waals surface area (Å²) >= 11 is 0. The molecule has 1 heterocycles. The van der Waals surface area contributed by atoms with Gasteiger partial charge in [0.2, 0.25) is 0 Å². The number of nitrogens with one attached hydrogen (secondary N) is 1. The Morgan fingerprint density at radius 3 is 2.86 bits per heavy atom. The van der Waals surface area contributed by atoms with Gasteiger partial charge in [-0.2, -0.15) is 0 Å². The van der Waals surface area contributed by atoms with Crippen molar-refractivity contribution >= 4 is 0 Å². The molecule has 1 aliphatic rings. The second-order valence-corrected chi connectivity index (χ2v) is 3.34. The minimum atomic E-state index is -0.587. The molecule has 1 saturated heterocycles. The van der Waals surface area contributed by atoms with E-state index in [-0.39, 0.29) is 12.9 Å². The van der Waals surface area contributed by atoms with Crippen molar-refractivity contribution in [2.75, 3.05) is 33.9 Å². The Morgan fingerprint density at radius 2 is 2.36 bits per heavy atom. The van der Waals surface area contributed by atoms with Gasteiger partial charge in [-0.1, -0.05) is 0 Å². The summed E-state index contributed by atoms with van der Waals surface area (Å²) in [5.41, 5.74) is 0. The van der Waals surface area contributed by atoms with E-state index in [0.717, 1.165) is 12.8 Å². The Balaban J connectivity index is 2.35. The lowest BCUT2D eigenvalue weighted by Crippen LogP contribution is -2.43. The van der Waals surface area contributed by atoms with Crippen LogP contribution in [0.5, 0.6) is 0 Å². The van der Waals surface area contributed by atoms with Crippen LogP contribution in [0, 0.1) is 0 Å². The molecule has 5 nitrogen and oxygen atoms in total. The van der Waals surface area contributed by atoms with Crippen LogP contribution in [-0.2, 0) is 14.2 Å². The Morgan fingerprint density at radius 1 is 1.57 bits per heavy atom. The van der Waals surface area contributed by atoms with Crippen LogP contribution in [0.2, 0.25) is 0 Å². The van der Waals surface area contributed by atoms with Gasteiger partial charge in [0.05, 0.1) is 6.61 Å². The summed E-state index contributed by atoms with van der Waals surface area (Å²) in [5.74, 6) is -0.587. The van der Waals surface area contributed by atoms with Crippen LogP contribution in [0.1, 0.15) is 12.8 Å². The first-order chi connectivity index (χ1) is 6.76. The topological polar surface area (TPSA) is 60.0 Å². The van der Waals surface area contributed by atoms with Crippen LogP contribution >= 0.6 is 0 Å². The predicted molar refractivity (Wildman–Crippen MR) is 50.8 cm³/mol. The van der Waals surface area contributed by atoms with E-state index >= 15 is 0 Å². The summed E-state index contributed by atoms with van der Waals surface area (Å²) < 4.78 is 16.0. The first-order valence-corrected chi connectivity index (χ1v) is 4.83. The van der Waals surface area contributed by atoms with Crippen molar-refractivity contribution < 1.29 is 19.3 Å². The molecule has 0 amide bonds. The summed E-state index contributed by atoms with van der Waals surface area (Å²) in [7, 11) is 3.25. The number of hydrogen-bond acceptors (Lipinski definition) is 5. The monoisotopic (exact) mass is 205 g/mol. The van der Waals surface area contributed by atoms with Crippen LogP contribution in [0.3, 0.4) is 0 Å². The molecule has 0 radical (unpaired) electrons. The van der Waals surface area contributed by atoms with E-state index in [1.807, 2.05) is 0 Å². The number of rotatable bonds is 6. The molecule has 0 aromatic heterocycles. The number of aliphatic hydroxyl groups is 1. The van der Waals surface area contributed by atoms with Crippen LogP contribution in [0.4, 0.5) is 0 Å². The van der Waals surface area contributed by atoms with Crippen molar-refractivity contribution in [1.29, 1.82) is 0 Å². The quantitative estimate of drug-likeness (QED) is 0.583. The van der Waals surface area contributed by atoms with E-state index in [9.17, 15) is 0 Å². The lowest BCUT2D eigenvalue weighted by atomic mass is 10.2. The molecule has 0 saturated carbocycles. The molecule has 2 atom stereocenters. The van der Waals surface area contributed by atoms with Gasteiger partial charge in [-0.05, 0) is 0 Å². The first-order valence-electron chi connectivity index (χ1n) is 4.83. The molecule has 1 fully saturated rings. The minimum absolute atomic E-state index is 0.119. The summed E-state index contributed by atoms with van der Waals surface area (Å²) in [4.78, 5) is 0. The van der Waals surface area contributed by atoms with E-state index in [1.54, 1.807) is 14.2 Å². The molecule has 1 aliphatic heterocycles. The van der Waals surface area contributed by atoms with Gasteiger partial charge in [0, 0.05) is 40.2 Å². The number of aliphatic hydroxyl groups excluding tert-OH is 1. The molecule has 0 aromatic rings. The Bertz CT molecular complexity index is 167. The average molecular weight is 205 g/mol. The second kappa shape index (κ2) is 5.63. The molecule has 1 rings (SSSR count). The fourth-order valence-corrected chi connectivity index (χ4v) is 1.57. The van der Waals surface area contributed by atoms with Gasteiger partial charge in [-0.3, -0.25) is 0 Å². The van der Waals surface area contributed by atoms with Crippen LogP contribution in [-0.4, -0.2) is 51.1 Å². The molecular formula is C9H19NO4. The zero-order valence-corrected chi connectivity index (χ0v) is 8.78. The van der Waals surface area contributed by atoms with Crippen molar-refractivity contribution in [3.8, 4) is 0 Å². The van der Waals surface area contributed by atoms with Gasteiger partial charge in [0.25, 0.3) is 0 Å². The lowest BCUT2D eigenvalue weighted by molar-refractivity contribution is -0.253. The fraction of sp³-hybridized carbons (Fsp3) is 1.00. The standard InChI is InChI=1S/C9H19NO4/c1-12-8-3-4-9(13-2,14-8)7-10-5-6-11/h8,10-11H,3-7H2,1-2H3. The van der Waals surface area contributed by atoms with Crippen molar-refractivity contribution in [3.63, 3.8) is 0 Å². The van der Waals surface area contributed by atoms with Gasteiger partial charge in [0.1, 0.15) is 0 Å². The first kappa shape index (κ1) is 11.9. The molecule has 2 unspecified atom stereocenters. The SMILES string of the molecule is COC1CCC(CNCCO)(OC)O1. The van der Waals surface area contributed by atoms with Crippen molar-refractivity contribution in [3.05, 3.63) is 0 Å². The van der Waals surface area contributed by atoms with Gasteiger partial charge in [-0.25, -0.2) is 0 Å². The summed E-state index contributed by atoms with van der Waals surface area (Å²) in [6.07, 6.45) is 1.47.